The van der Waals surface area contributed by atoms with Crippen molar-refractivity contribution in [2.45, 2.75) is 39.0 Å². The van der Waals surface area contributed by atoms with Gasteiger partial charge in [0.2, 0.25) is 0 Å². The summed E-state index contributed by atoms with van der Waals surface area (Å²) in [5.41, 5.74) is 3.15. The van der Waals surface area contributed by atoms with Crippen molar-refractivity contribution in [1.29, 1.82) is 0 Å². The van der Waals surface area contributed by atoms with E-state index in [0.717, 1.165) is 24.8 Å². The van der Waals surface area contributed by atoms with Crippen LogP contribution in [0.5, 0.6) is 0 Å². The molecule has 90 valence electrons. The van der Waals surface area contributed by atoms with Crippen LogP contribution in [0.3, 0.4) is 0 Å². The second kappa shape index (κ2) is 6.36. The van der Waals surface area contributed by atoms with Gasteiger partial charge >= 0.3 is 0 Å². The molecule has 2 nitrogen and oxygen atoms in total. The molecule has 1 aromatic heterocycles. The lowest BCUT2D eigenvalue weighted by Crippen LogP contribution is -2.28. The molecular formula is C13H22N2S. The highest BCUT2D eigenvalue weighted by atomic mass is 32.1. The average Bonchev–Trinajstić information content (AvgIpc) is 2.77. The largest absolute Gasteiger partial charge is 0.316 e. The van der Waals surface area contributed by atoms with E-state index < -0.39 is 0 Å². The molecule has 1 aliphatic carbocycles. The van der Waals surface area contributed by atoms with Gasteiger partial charge in [-0.05, 0) is 31.2 Å². The predicted molar refractivity (Wildman–Crippen MR) is 69.8 cm³/mol. The molecule has 0 spiro atoms. The van der Waals surface area contributed by atoms with E-state index in [2.05, 4.69) is 22.6 Å². The molecule has 1 aliphatic rings. The van der Waals surface area contributed by atoms with Crippen LogP contribution in [0.2, 0.25) is 0 Å². The summed E-state index contributed by atoms with van der Waals surface area (Å²) in [6.07, 6.45) is 6.79. The summed E-state index contributed by atoms with van der Waals surface area (Å²) >= 11 is 1.69. The molecule has 0 bridgehead atoms. The third-order valence-corrected chi connectivity index (χ3v) is 4.15. The number of hydrogen-bond acceptors (Lipinski definition) is 3. The van der Waals surface area contributed by atoms with Gasteiger partial charge in [0.05, 0.1) is 11.2 Å². The first kappa shape index (κ1) is 12.1. The molecular weight excluding hydrogens is 216 g/mol. The van der Waals surface area contributed by atoms with Crippen LogP contribution in [0.4, 0.5) is 0 Å². The Kier molecular flexibility index (Phi) is 4.79. The first-order chi connectivity index (χ1) is 7.84. The molecule has 2 unspecified atom stereocenters. The van der Waals surface area contributed by atoms with Crippen LogP contribution in [-0.2, 0) is 6.42 Å². The molecule has 0 radical (unpaired) electrons. The maximum Gasteiger partial charge on any atom is 0.0794 e. The number of nitrogens with one attached hydrogen (secondary N) is 1. The molecule has 1 saturated carbocycles. The van der Waals surface area contributed by atoms with Crippen molar-refractivity contribution >= 4 is 11.3 Å². The smallest absolute Gasteiger partial charge is 0.0794 e. The van der Waals surface area contributed by atoms with Crippen molar-refractivity contribution in [2.75, 3.05) is 13.1 Å². The Labute approximate surface area is 102 Å². The van der Waals surface area contributed by atoms with E-state index in [1.807, 2.05) is 5.51 Å². The highest BCUT2D eigenvalue weighted by Crippen LogP contribution is 2.27. The second-order valence-corrected chi connectivity index (χ2v) is 5.79. The van der Waals surface area contributed by atoms with Crippen LogP contribution in [0.1, 0.15) is 38.3 Å². The van der Waals surface area contributed by atoms with E-state index in [0.29, 0.717) is 0 Å². The van der Waals surface area contributed by atoms with Gasteiger partial charge in [0.15, 0.2) is 0 Å². The lowest BCUT2D eigenvalue weighted by atomic mass is 9.82. The summed E-state index contributed by atoms with van der Waals surface area (Å²) in [5.74, 6) is 1.86. The van der Waals surface area contributed by atoms with E-state index in [1.165, 1.54) is 37.9 Å². The summed E-state index contributed by atoms with van der Waals surface area (Å²) in [6.45, 7) is 4.67. The third-order valence-electron chi connectivity index (χ3n) is 3.52. The number of nitrogens with zero attached hydrogens (tertiary/aromatic N) is 1. The lowest BCUT2D eigenvalue weighted by Gasteiger charge is -2.26. The molecule has 0 aromatic carbocycles. The molecule has 3 heteroatoms. The van der Waals surface area contributed by atoms with Crippen LogP contribution < -0.4 is 5.32 Å². The standard InChI is InChI=1S/C13H22N2S/c1-11-3-2-4-12(7-11)8-14-6-5-13-9-16-10-15-13/h9-12,14H,2-8H2,1H3. The minimum Gasteiger partial charge on any atom is -0.316 e. The fourth-order valence-corrected chi connectivity index (χ4v) is 3.22. The number of aromatic nitrogens is 1. The minimum atomic E-state index is 0.916. The van der Waals surface area contributed by atoms with Crippen molar-refractivity contribution in [2.24, 2.45) is 11.8 Å². The lowest BCUT2D eigenvalue weighted by molar-refractivity contribution is 0.275. The zero-order chi connectivity index (χ0) is 11.2. The molecule has 0 saturated heterocycles. The van der Waals surface area contributed by atoms with Crippen molar-refractivity contribution in [1.82, 2.24) is 10.3 Å². The SMILES string of the molecule is CC1CCCC(CNCCc2cscn2)C1. The van der Waals surface area contributed by atoms with Gasteiger partial charge in [-0.15, -0.1) is 11.3 Å². The van der Waals surface area contributed by atoms with E-state index in [9.17, 15) is 0 Å². The number of hydrogen-bond donors (Lipinski definition) is 1. The number of thiazole rings is 1. The first-order valence-corrected chi connectivity index (χ1v) is 7.36. The van der Waals surface area contributed by atoms with E-state index in [4.69, 9.17) is 0 Å². The Morgan fingerprint density at radius 2 is 2.44 bits per heavy atom. The van der Waals surface area contributed by atoms with Crippen LogP contribution in [0, 0.1) is 11.8 Å². The van der Waals surface area contributed by atoms with Crippen molar-refractivity contribution < 1.29 is 0 Å². The third kappa shape index (κ3) is 3.87. The summed E-state index contributed by atoms with van der Waals surface area (Å²) < 4.78 is 0. The van der Waals surface area contributed by atoms with E-state index >= 15 is 0 Å². The van der Waals surface area contributed by atoms with Crippen molar-refractivity contribution in [3.8, 4) is 0 Å². The molecule has 0 aliphatic heterocycles. The molecule has 0 amide bonds. The van der Waals surface area contributed by atoms with E-state index in [1.54, 1.807) is 11.3 Å². The zero-order valence-corrected chi connectivity index (χ0v) is 10.9. The topological polar surface area (TPSA) is 24.9 Å². The van der Waals surface area contributed by atoms with Gasteiger partial charge in [-0.3, -0.25) is 0 Å². The molecule has 1 aromatic rings. The molecule has 16 heavy (non-hydrogen) atoms. The fourth-order valence-electron chi connectivity index (χ4n) is 2.63. The second-order valence-electron chi connectivity index (χ2n) is 5.07. The highest BCUT2D eigenvalue weighted by Gasteiger charge is 2.17. The zero-order valence-electron chi connectivity index (χ0n) is 10.1. The fraction of sp³-hybridized carbons (Fsp3) is 0.769. The highest BCUT2D eigenvalue weighted by molar-refractivity contribution is 7.07. The maximum absolute atomic E-state index is 4.29. The summed E-state index contributed by atoms with van der Waals surface area (Å²) in [5, 5.41) is 5.72. The first-order valence-electron chi connectivity index (χ1n) is 6.42. The summed E-state index contributed by atoms with van der Waals surface area (Å²) in [6, 6.07) is 0. The van der Waals surface area contributed by atoms with Gasteiger partial charge in [-0.1, -0.05) is 19.8 Å². The van der Waals surface area contributed by atoms with Gasteiger partial charge < -0.3 is 5.32 Å². The summed E-state index contributed by atoms with van der Waals surface area (Å²) in [7, 11) is 0. The Bertz CT molecular complexity index is 284. The predicted octanol–water partition coefficient (Wildman–Crippen LogP) is 3.10. The molecule has 1 fully saturated rings. The quantitative estimate of drug-likeness (QED) is 0.797. The minimum absolute atomic E-state index is 0.916. The molecule has 1 heterocycles. The summed E-state index contributed by atoms with van der Waals surface area (Å²) in [4.78, 5) is 4.29. The van der Waals surface area contributed by atoms with Crippen LogP contribution in [0.15, 0.2) is 10.9 Å². The Morgan fingerprint density at radius 3 is 3.19 bits per heavy atom. The maximum atomic E-state index is 4.29. The van der Waals surface area contributed by atoms with Gasteiger partial charge in [0, 0.05) is 18.3 Å². The average molecular weight is 238 g/mol. The van der Waals surface area contributed by atoms with Crippen LogP contribution >= 0.6 is 11.3 Å². The van der Waals surface area contributed by atoms with Crippen molar-refractivity contribution in [3.05, 3.63) is 16.6 Å². The van der Waals surface area contributed by atoms with Crippen LogP contribution in [-0.4, -0.2) is 18.1 Å². The molecule has 1 N–H and O–H groups in total. The Morgan fingerprint density at radius 1 is 1.50 bits per heavy atom. The van der Waals surface area contributed by atoms with Gasteiger partial charge in [-0.25, -0.2) is 4.98 Å². The van der Waals surface area contributed by atoms with Gasteiger partial charge in [-0.2, -0.15) is 0 Å². The van der Waals surface area contributed by atoms with Crippen LogP contribution in [0.25, 0.3) is 0 Å². The molecule has 2 atom stereocenters. The van der Waals surface area contributed by atoms with Crippen molar-refractivity contribution in [3.63, 3.8) is 0 Å². The monoisotopic (exact) mass is 238 g/mol. The Hall–Kier alpha value is -0.410. The number of rotatable bonds is 5. The Balaban J connectivity index is 1.57. The molecule has 2 rings (SSSR count). The van der Waals surface area contributed by atoms with Gasteiger partial charge in [0.25, 0.3) is 0 Å². The van der Waals surface area contributed by atoms with Gasteiger partial charge in [0.1, 0.15) is 0 Å². The normalized spacial score (nSPS) is 25.8. The van der Waals surface area contributed by atoms with E-state index in [-0.39, 0.29) is 0 Å².